The molecule has 0 aromatic heterocycles. The molecule has 0 spiro atoms. The van der Waals surface area contributed by atoms with Crippen LogP contribution in [0.25, 0.3) is 0 Å². The summed E-state index contributed by atoms with van der Waals surface area (Å²) in [6.45, 7) is 5.66. The summed E-state index contributed by atoms with van der Waals surface area (Å²) >= 11 is 0. The normalized spacial score (nSPS) is 16.6. The molecule has 2 amide bonds. The predicted octanol–water partition coefficient (Wildman–Crippen LogP) is 3.14. The average Bonchev–Trinajstić information content (AvgIpc) is 2.82. The van der Waals surface area contributed by atoms with Crippen molar-refractivity contribution in [2.75, 3.05) is 31.0 Å². The summed E-state index contributed by atoms with van der Waals surface area (Å²) in [7, 11) is -2.24. The van der Waals surface area contributed by atoms with E-state index in [1.807, 2.05) is 19.9 Å². The van der Waals surface area contributed by atoms with Gasteiger partial charge in [-0.05, 0) is 55.2 Å². The molecule has 1 aliphatic heterocycles. The number of hydrogen-bond acceptors (Lipinski definition) is 4. The standard InChI is InChI=1S/C24H31N3O4S/c1-18(2)16-25-23(28)20-8-7-15-27(17-20)24(29)19-11-13-22(14-12-19)32(30,31)26(3)21-9-5-4-6-10-21/h4-6,9-14,18,20H,7-8,15-17H2,1-3H3,(H,25,28)/t20-/m1/s1. The van der Waals surface area contributed by atoms with Crippen molar-refractivity contribution in [3.63, 3.8) is 0 Å². The minimum absolute atomic E-state index is 0.0124. The fraction of sp³-hybridized carbons (Fsp3) is 0.417. The maximum atomic E-state index is 13.0. The molecule has 0 bridgehead atoms. The zero-order valence-electron chi connectivity index (χ0n) is 18.8. The van der Waals surface area contributed by atoms with Gasteiger partial charge in [0.1, 0.15) is 0 Å². The summed E-state index contributed by atoms with van der Waals surface area (Å²) in [6, 6.07) is 14.8. The third kappa shape index (κ3) is 5.48. The molecule has 0 aliphatic carbocycles. The number of nitrogens with one attached hydrogen (secondary N) is 1. The molecular formula is C24H31N3O4S. The van der Waals surface area contributed by atoms with Gasteiger partial charge in [-0.25, -0.2) is 8.42 Å². The van der Waals surface area contributed by atoms with Gasteiger partial charge in [-0.3, -0.25) is 13.9 Å². The highest BCUT2D eigenvalue weighted by atomic mass is 32.2. The first-order valence-electron chi connectivity index (χ1n) is 10.9. The van der Waals surface area contributed by atoms with Crippen molar-refractivity contribution in [3.8, 4) is 0 Å². The van der Waals surface area contributed by atoms with E-state index in [-0.39, 0.29) is 22.6 Å². The summed E-state index contributed by atoms with van der Waals surface area (Å²) in [6.07, 6.45) is 1.52. The minimum Gasteiger partial charge on any atom is -0.356 e. The van der Waals surface area contributed by atoms with Crippen LogP contribution in [0.1, 0.15) is 37.0 Å². The lowest BCUT2D eigenvalue weighted by Crippen LogP contribution is -2.46. The van der Waals surface area contributed by atoms with Crippen LogP contribution in [0.3, 0.4) is 0 Å². The zero-order valence-corrected chi connectivity index (χ0v) is 19.6. The van der Waals surface area contributed by atoms with Gasteiger partial charge in [0.25, 0.3) is 15.9 Å². The van der Waals surface area contributed by atoms with Crippen LogP contribution in [-0.4, -0.2) is 51.8 Å². The highest BCUT2D eigenvalue weighted by molar-refractivity contribution is 7.92. The fourth-order valence-electron chi connectivity index (χ4n) is 3.71. The number of anilines is 1. The summed E-state index contributed by atoms with van der Waals surface area (Å²) < 4.78 is 27.1. The Bertz CT molecular complexity index is 1040. The molecule has 1 heterocycles. The second-order valence-electron chi connectivity index (χ2n) is 8.56. The Morgan fingerprint density at radius 2 is 1.75 bits per heavy atom. The lowest BCUT2D eigenvalue weighted by molar-refractivity contribution is -0.126. The highest BCUT2D eigenvalue weighted by Crippen LogP contribution is 2.23. The van der Waals surface area contributed by atoms with E-state index in [9.17, 15) is 18.0 Å². The molecule has 32 heavy (non-hydrogen) atoms. The molecule has 0 radical (unpaired) electrons. The molecule has 1 aliphatic rings. The maximum absolute atomic E-state index is 13.0. The molecular weight excluding hydrogens is 426 g/mol. The first kappa shape index (κ1) is 23.8. The largest absolute Gasteiger partial charge is 0.356 e. The minimum atomic E-state index is -3.74. The van der Waals surface area contributed by atoms with Crippen LogP contribution < -0.4 is 9.62 Å². The third-order valence-corrected chi connectivity index (χ3v) is 7.44. The van der Waals surface area contributed by atoms with Gasteiger partial charge in [-0.15, -0.1) is 0 Å². The highest BCUT2D eigenvalue weighted by Gasteiger charge is 2.29. The number of carbonyl (C=O) groups excluding carboxylic acids is 2. The van der Waals surface area contributed by atoms with E-state index in [1.165, 1.54) is 35.6 Å². The van der Waals surface area contributed by atoms with E-state index in [0.29, 0.717) is 36.8 Å². The smallest absolute Gasteiger partial charge is 0.264 e. The molecule has 1 atom stereocenters. The second-order valence-corrected chi connectivity index (χ2v) is 10.5. The molecule has 0 unspecified atom stereocenters. The Labute approximate surface area is 190 Å². The number of piperidine rings is 1. The number of hydrogen-bond donors (Lipinski definition) is 1. The molecule has 172 valence electrons. The van der Waals surface area contributed by atoms with Gasteiger partial charge in [0.2, 0.25) is 5.91 Å². The van der Waals surface area contributed by atoms with Crippen molar-refractivity contribution in [2.24, 2.45) is 11.8 Å². The first-order valence-corrected chi connectivity index (χ1v) is 12.3. The topological polar surface area (TPSA) is 86.8 Å². The Morgan fingerprint density at radius 1 is 1.09 bits per heavy atom. The number of nitrogens with zero attached hydrogens (tertiary/aromatic N) is 2. The van der Waals surface area contributed by atoms with Crippen LogP contribution in [0.2, 0.25) is 0 Å². The van der Waals surface area contributed by atoms with Crippen molar-refractivity contribution in [1.82, 2.24) is 10.2 Å². The van der Waals surface area contributed by atoms with E-state index < -0.39 is 10.0 Å². The van der Waals surface area contributed by atoms with Crippen LogP contribution in [0.5, 0.6) is 0 Å². The monoisotopic (exact) mass is 457 g/mol. The fourth-order valence-corrected chi connectivity index (χ4v) is 4.91. The lowest BCUT2D eigenvalue weighted by atomic mass is 9.96. The van der Waals surface area contributed by atoms with Gasteiger partial charge < -0.3 is 10.2 Å². The average molecular weight is 458 g/mol. The second kappa shape index (κ2) is 10.2. The molecule has 3 rings (SSSR count). The van der Waals surface area contributed by atoms with Crippen LogP contribution in [0.4, 0.5) is 5.69 Å². The van der Waals surface area contributed by atoms with Gasteiger partial charge in [-0.2, -0.15) is 0 Å². The Morgan fingerprint density at radius 3 is 2.38 bits per heavy atom. The predicted molar refractivity (Wildman–Crippen MR) is 125 cm³/mol. The number of benzene rings is 2. The van der Waals surface area contributed by atoms with Gasteiger partial charge in [0.15, 0.2) is 0 Å². The third-order valence-electron chi connectivity index (χ3n) is 5.64. The zero-order chi connectivity index (χ0) is 23.3. The molecule has 1 fully saturated rings. The van der Waals surface area contributed by atoms with Gasteiger partial charge in [0, 0.05) is 32.2 Å². The Hall–Kier alpha value is -2.87. The number of sulfonamides is 1. The van der Waals surface area contributed by atoms with Crippen molar-refractivity contribution in [1.29, 1.82) is 0 Å². The number of amides is 2. The summed E-state index contributed by atoms with van der Waals surface area (Å²) in [4.78, 5) is 27.2. The summed E-state index contributed by atoms with van der Waals surface area (Å²) in [5, 5.41) is 2.95. The maximum Gasteiger partial charge on any atom is 0.264 e. The summed E-state index contributed by atoms with van der Waals surface area (Å²) in [5.41, 5.74) is 0.970. The van der Waals surface area contributed by atoms with Crippen molar-refractivity contribution >= 4 is 27.5 Å². The van der Waals surface area contributed by atoms with E-state index in [1.54, 1.807) is 29.2 Å². The van der Waals surface area contributed by atoms with E-state index >= 15 is 0 Å². The van der Waals surface area contributed by atoms with Gasteiger partial charge in [0.05, 0.1) is 16.5 Å². The number of likely N-dealkylation sites (tertiary alicyclic amines) is 1. The Balaban J connectivity index is 1.69. The van der Waals surface area contributed by atoms with E-state index in [0.717, 1.165) is 12.8 Å². The lowest BCUT2D eigenvalue weighted by Gasteiger charge is -2.32. The summed E-state index contributed by atoms with van der Waals surface area (Å²) in [5.74, 6) is -0.0464. The SMILES string of the molecule is CC(C)CNC(=O)[C@@H]1CCCN(C(=O)c2ccc(S(=O)(=O)N(C)c3ccccc3)cc2)C1. The first-order chi connectivity index (χ1) is 15.2. The molecule has 2 aromatic carbocycles. The van der Waals surface area contributed by atoms with Crippen molar-refractivity contribution in [3.05, 3.63) is 60.2 Å². The molecule has 1 N–H and O–H groups in total. The van der Waals surface area contributed by atoms with Gasteiger partial charge in [-0.1, -0.05) is 32.0 Å². The molecule has 2 aromatic rings. The quantitative estimate of drug-likeness (QED) is 0.692. The number of rotatable bonds is 7. The molecule has 8 heteroatoms. The Kier molecular flexibility index (Phi) is 7.56. The number of para-hydroxylation sites is 1. The van der Waals surface area contributed by atoms with E-state index in [4.69, 9.17) is 0 Å². The molecule has 7 nitrogen and oxygen atoms in total. The molecule has 1 saturated heterocycles. The van der Waals surface area contributed by atoms with Crippen molar-refractivity contribution < 1.29 is 18.0 Å². The van der Waals surface area contributed by atoms with Gasteiger partial charge >= 0.3 is 0 Å². The molecule has 0 saturated carbocycles. The van der Waals surface area contributed by atoms with Crippen LogP contribution in [-0.2, 0) is 14.8 Å². The van der Waals surface area contributed by atoms with E-state index in [2.05, 4.69) is 5.32 Å². The van der Waals surface area contributed by atoms with Crippen LogP contribution in [0, 0.1) is 11.8 Å². The van der Waals surface area contributed by atoms with Crippen molar-refractivity contribution in [2.45, 2.75) is 31.6 Å². The number of carbonyl (C=O) groups is 2. The van der Waals surface area contributed by atoms with Crippen LogP contribution >= 0.6 is 0 Å². The van der Waals surface area contributed by atoms with Crippen LogP contribution in [0.15, 0.2) is 59.5 Å².